The molecule has 0 saturated carbocycles. The molecule has 1 saturated heterocycles. The molecule has 1 aliphatic rings. The normalized spacial score (nSPS) is 26.3. The SMILES string of the molecule is CSC(C)(C)CN=C1NC(C)CCS1. The van der Waals surface area contributed by atoms with Crippen molar-refractivity contribution in [3.05, 3.63) is 0 Å². The molecule has 0 aromatic carbocycles. The van der Waals surface area contributed by atoms with Crippen molar-refractivity contribution in [2.45, 2.75) is 38.0 Å². The van der Waals surface area contributed by atoms with E-state index in [1.165, 1.54) is 12.2 Å². The fraction of sp³-hybridized carbons (Fsp3) is 0.900. The molecule has 0 aliphatic carbocycles. The van der Waals surface area contributed by atoms with Gasteiger partial charge in [-0.1, -0.05) is 11.8 Å². The van der Waals surface area contributed by atoms with Gasteiger partial charge in [-0.2, -0.15) is 11.8 Å². The molecule has 14 heavy (non-hydrogen) atoms. The zero-order valence-electron chi connectivity index (χ0n) is 9.46. The molecule has 1 atom stereocenters. The minimum atomic E-state index is 0.260. The van der Waals surface area contributed by atoms with Crippen LogP contribution < -0.4 is 5.32 Å². The van der Waals surface area contributed by atoms with Crippen LogP contribution in [0.15, 0.2) is 4.99 Å². The minimum Gasteiger partial charge on any atom is -0.362 e. The molecule has 1 fully saturated rings. The van der Waals surface area contributed by atoms with E-state index in [1.807, 2.05) is 23.5 Å². The van der Waals surface area contributed by atoms with Crippen molar-refractivity contribution in [1.82, 2.24) is 5.32 Å². The fourth-order valence-electron chi connectivity index (χ4n) is 1.08. The van der Waals surface area contributed by atoms with Gasteiger partial charge < -0.3 is 5.32 Å². The van der Waals surface area contributed by atoms with Gasteiger partial charge >= 0.3 is 0 Å². The van der Waals surface area contributed by atoms with E-state index in [0.29, 0.717) is 6.04 Å². The number of hydrogen-bond acceptors (Lipinski definition) is 3. The predicted molar refractivity (Wildman–Crippen MR) is 69.6 cm³/mol. The number of nitrogens with one attached hydrogen (secondary N) is 1. The Morgan fingerprint density at radius 2 is 2.36 bits per heavy atom. The van der Waals surface area contributed by atoms with Crippen molar-refractivity contribution in [2.75, 3.05) is 18.6 Å². The summed E-state index contributed by atoms with van der Waals surface area (Å²) in [7, 11) is 0. The van der Waals surface area contributed by atoms with Crippen molar-refractivity contribution in [3.8, 4) is 0 Å². The van der Waals surface area contributed by atoms with E-state index in [-0.39, 0.29) is 4.75 Å². The Kier molecular flexibility index (Phi) is 4.64. The van der Waals surface area contributed by atoms with Crippen molar-refractivity contribution < 1.29 is 0 Å². The maximum Gasteiger partial charge on any atom is 0.156 e. The maximum absolute atomic E-state index is 4.62. The van der Waals surface area contributed by atoms with Crippen LogP contribution in [0, 0.1) is 0 Å². The summed E-state index contributed by atoms with van der Waals surface area (Å²) in [4.78, 5) is 4.62. The molecule has 0 amide bonds. The van der Waals surface area contributed by atoms with Crippen LogP contribution >= 0.6 is 23.5 Å². The molecule has 1 N–H and O–H groups in total. The van der Waals surface area contributed by atoms with Gasteiger partial charge in [-0.3, -0.25) is 4.99 Å². The molecule has 0 radical (unpaired) electrons. The van der Waals surface area contributed by atoms with E-state index >= 15 is 0 Å². The number of nitrogens with zero attached hydrogens (tertiary/aromatic N) is 1. The summed E-state index contributed by atoms with van der Waals surface area (Å²) in [5, 5.41) is 4.55. The lowest BCUT2D eigenvalue weighted by Gasteiger charge is -2.24. The fourth-order valence-corrected chi connectivity index (χ4v) is 2.37. The predicted octanol–water partition coefficient (Wildman–Crippen LogP) is 2.60. The molecule has 1 unspecified atom stereocenters. The highest BCUT2D eigenvalue weighted by Crippen LogP contribution is 2.22. The number of hydrogen-bond donors (Lipinski definition) is 1. The van der Waals surface area contributed by atoms with Crippen molar-refractivity contribution in [3.63, 3.8) is 0 Å². The van der Waals surface area contributed by atoms with Gasteiger partial charge in [0.15, 0.2) is 5.17 Å². The zero-order chi connectivity index (χ0) is 10.6. The topological polar surface area (TPSA) is 24.4 Å². The molecule has 0 aromatic heterocycles. The molecule has 1 heterocycles. The van der Waals surface area contributed by atoms with Crippen molar-refractivity contribution >= 4 is 28.7 Å². The third-order valence-electron chi connectivity index (χ3n) is 2.32. The molecule has 1 aliphatic heterocycles. The van der Waals surface area contributed by atoms with Gasteiger partial charge in [0.2, 0.25) is 0 Å². The first-order valence-corrected chi connectivity index (χ1v) is 7.23. The minimum absolute atomic E-state index is 0.260. The standard InChI is InChI=1S/C10H20N2S2/c1-8-5-6-14-9(12-8)11-7-10(2,3)13-4/h8H,5-7H2,1-4H3,(H,11,12). The molecule has 0 spiro atoms. The summed E-state index contributed by atoms with van der Waals surface area (Å²) in [5.41, 5.74) is 0. The number of thioether (sulfide) groups is 2. The Bertz CT molecular complexity index is 214. The van der Waals surface area contributed by atoms with Crippen molar-refractivity contribution in [1.29, 1.82) is 0 Å². The summed E-state index contributed by atoms with van der Waals surface area (Å²) in [6.07, 6.45) is 3.39. The van der Waals surface area contributed by atoms with E-state index < -0.39 is 0 Å². The quantitative estimate of drug-likeness (QED) is 0.809. The summed E-state index contributed by atoms with van der Waals surface area (Å²) >= 11 is 3.72. The summed E-state index contributed by atoms with van der Waals surface area (Å²) in [6, 6.07) is 0.590. The molecule has 0 bridgehead atoms. The van der Waals surface area contributed by atoms with E-state index in [0.717, 1.165) is 11.7 Å². The monoisotopic (exact) mass is 232 g/mol. The van der Waals surface area contributed by atoms with E-state index in [4.69, 9.17) is 0 Å². The summed E-state index contributed by atoms with van der Waals surface area (Å²) in [5.74, 6) is 1.20. The van der Waals surface area contributed by atoms with Gasteiger partial charge in [-0.25, -0.2) is 0 Å². The van der Waals surface area contributed by atoms with Crippen LogP contribution in [-0.2, 0) is 0 Å². The second kappa shape index (κ2) is 5.31. The van der Waals surface area contributed by atoms with Crippen LogP contribution in [0.3, 0.4) is 0 Å². The highest BCUT2D eigenvalue weighted by molar-refractivity contribution is 8.13. The van der Waals surface area contributed by atoms with Gasteiger partial charge in [0, 0.05) is 16.5 Å². The second-order valence-corrected chi connectivity index (χ2v) is 6.86. The maximum atomic E-state index is 4.62. The zero-order valence-corrected chi connectivity index (χ0v) is 11.1. The molecule has 1 rings (SSSR count). The molecule has 4 heteroatoms. The van der Waals surface area contributed by atoms with Gasteiger partial charge in [-0.05, 0) is 33.4 Å². The third kappa shape index (κ3) is 4.13. The largest absolute Gasteiger partial charge is 0.362 e. The Morgan fingerprint density at radius 3 is 2.93 bits per heavy atom. The number of rotatable bonds is 3. The van der Waals surface area contributed by atoms with Crippen LogP contribution in [0.5, 0.6) is 0 Å². The third-order valence-corrected chi connectivity index (χ3v) is 4.51. The lowest BCUT2D eigenvalue weighted by molar-refractivity contribution is 0.638. The first-order chi connectivity index (χ1) is 6.53. The van der Waals surface area contributed by atoms with Crippen LogP contribution in [-0.4, -0.2) is 34.5 Å². The van der Waals surface area contributed by atoms with Crippen LogP contribution in [0.1, 0.15) is 27.2 Å². The van der Waals surface area contributed by atoms with E-state index in [1.54, 1.807) is 0 Å². The smallest absolute Gasteiger partial charge is 0.156 e. The van der Waals surface area contributed by atoms with Crippen LogP contribution in [0.2, 0.25) is 0 Å². The lowest BCUT2D eigenvalue weighted by atomic mass is 10.2. The molecule has 82 valence electrons. The molecular formula is C10H20N2S2. The molecule has 2 nitrogen and oxygen atoms in total. The Morgan fingerprint density at radius 1 is 1.64 bits per heavy atom. The number of amidine groups is 1. The average molecular weight is 232 g/mol. The van der Waals surface area contributed by atoms with Gasteiger partial charge in [0.1, 0.15) is 0 Å². The highest BCUT2D eigenvalue weighted by atomic mass is 32.2. The van der Waals surface area contributed by atoms with Gasteiger partial charge in [0.05, 0.1) is 6.54 Å². The number of aliphatic imine (C=N–C) groups is 1. The summed E-state index contributed by atoms with van der Waals surface area (Å²) in [6.45, 7) is 7.59. The first-order valence-electron chi connectivity index (χ1n) is 5.02. The Balaban J connectivity index is 2.43. The van der Waals surface area contributed by atoms with Gasteiger partial charge in [-0.15, -0.1) is 0 Å². The van der Waals surface area contributed by atoms with Crippen LogP contribution in [0.25, 0.3) is 0 Å². The second-order valence-electron chi connectivity index (χ2n) is 4.27. The molecule has 0 aromatic rings. The Labute approximate surface area is 95.7 Å². The van der Waals surface area contributed by atoms with E-state index in [2.05, 4.69) is 37.3 Å². The van der Waals surface area contributed by atoms with Crippen LogP contribution in [0.4, 0.5) is 0 Å². The Hall–Kier alpha value is 0.170. The summed E-state index contributed by atoms with van der Waals surface area (Å²) < 4.78 is 0.260. The van der Waals surface area contributed by atoms with Crippen molar-refractivity contribution in [2.24, 2.45) is 4.99 Å². The lowest BCUT2D eigenvalue weighted by Crippen LogP contribution is -2.36. The van der Waals surface area contributed by atoms with E-state index in [9.17, 15) is 0 Å². The average Bonchev–Trinajstić information content (AvgIpc) is 2.15. The van der Waals surface area contributed by atoms with Gasteiger partial charge in [0.25, 0.3) is 0 Å². The molecular weight excluding hydrogens is 212 g/mol. The highest BCUT2D eigenvalue weighted by Gasteiger charge is 2.17. The first kappa shape index (κ1) is 12.2.